The lowest BCUT2D eigenvalue weighted by Crippen LogP contribution is -2.52. The van der Waals surface area contributed by atoms with E-state index in [0.717, 1.165) is 36.7 Å². The van der Waals surface area contributed by atoms with Crippen LogP contribution in [0.2, 0.25) is 0 Å². The first-order valence-electron chi connectivity index (χ1n) is 9.72. The molecule has 7 nitrogen and oxygen atoms in total. The smallest absolute Gasteiger partial charge is 0.255 e. The molecule has 2 unspecified atom stereocenters. The second-order valence-corrected chi connectivity index (χ2v) is 7.93. The molecular formula is C20H26N4O3. The van der Waals surface area contributed by atoms with Crippen molar-refractivity contribution in [2.24, 2.45) is 5.92 Å². The standard InChI is InChI=1S/C20H26N4O3/c1-12(6-14-8-21-9-14)22-10-13-2-3-16-15(7-13)11-24(20(16)27)17-4-5-18(25)23-19(17)26/h2-3,7,12,14,17,21-22H,4-6,8-11H2,1H3,(H,23,25,26). The summed E-state index contributed by atoms with van der Waals surface area (Å²) in [6, 6.07) is 5.80. The van der Waals surface area contributed by atoms with Gasteiger partial charge in [-0.05, 0) is 56.0 Å². The molecule has 7 heteroatoms. The molecule has 1 aromatic rings. The van der Waals surface area contributed by atoms with Crippen molar-refractivity contribution in [1.29, 1.82) is 0 Å². The summed E-state index contributed by atoms with van der Waals surface area (Å²) in [5, 5.41) is 9.19. The van der Waals surface area contributed by atoms with Crippen LogP contribution in [0.4, 0.5) is 0 Å². The minimum absolute atomic E-state index is 0.121. The Morgan fingerprint density at radius 1 is 1.26 bits per heavy atom. The van der Waals surface area contributed by atoms with E-state index in [-0.39, 0.29) is 24.1 Å². The summed E-state index contributed by atoms with van der Waals surface area (Å²) in [4.78, 5) is 37.8. The Labute approximate surface area is 158 Å². The van der Waals surface area contributed by atoms with Gasteiger partial charge >= 0.3 is 0 Å². The van der Waals surface area contributed by atoms with Crippen molar-refractivity contribution in [3.8, 4) is 0 Å². The fourth-order valence-corrected chi connectivity index (χ4v) is 4.13. The van der Waals surface area contributed by atoms with Crippen molar-refractivity contribution < 1.29 is 14.4 Å². The maximum atomic E-state index is 12.7. The molecule has 2 atom stereocenters. The van der Waals surface area contributed by atoms with E-state index >= 15 is 0 Å². The van der Waals surface area contributed by atoms with E-state index in [0.29, 0.717) is 24.6 Å². The number of rotatable bonds is 6. The number of carbonyl (C=O) groups is 3. The summed E-state index contributed by atoms with van der Waals surface area (Å²) in [5.41, 5.74) is 2.77. The van der Waals surface area contributed by atoms with Crippen LogP contribution in [0.3, 0.4) is 0 Å². The highest BCUT2D eigenvalue weighted by Crippen LogP contribution is 2.28. The van der Waals surface area contributed by atoms with Crippen LogP contribution in [-0.2, 0) is 22.7 Å². The van der Waals surface area contributed by atoms with Gasteiger partial charge in [-0.25, -0.2) is 0 Å². The average molecular weight is 370 g/mol. The van der Waals surface area contributed by atoms with Gasteiger partial charge in [0.2, 0.25) is 11.8 Å². The molecule has 144 valence electrons. The molecule has 1 aromatic carbocycles. The number of benzene rings is 1. The Morgan fingerprint density at radius 2 is 2.07 bits per heavy atom. The van der Waals surface area contributed by atoms with E-state index < -0.39 is 6.04 Å². The first kappa shape index (κ1) is 18.1. The van der Waals surface area contributed by atoms with E-state index in [2.05, 4.69) is 28.9 Å². The lowest BCUT2D eigenvalue weighted by Gasteiger charge is -2.30. The van der Waals surface area contributed by atoms with Crippen LogP contribution in [0, 0.1) is 5.92 Å². The normalized spacial score (nSPS) is 23.8. The van der Waals surface area contributed by atoms with Crippen molar-refractivity contribution in [2.45, 2.75) is 51.4 Å². The quantitative estimate of drug-likeness (QED) is 0.636. The number of nitrogens with zero attached hydrogens (tertiary/aromatic N) is 1. The maximum absolute atomic E-state index is 12.7. The first-order chi connectivity index (χ1) is 13.0. The van der Waals surface area contributed by atoms with Gasteiger partial charge in [-0.3, -0.25) is 19.7 Å². The van der Waals surface area contributed by atoms with Gasteiger partial charge in [-0.2, -0.15) is 0 Å². The minimum atomic E-state index is -0.555. The van der Waals surface area contributed by atoms with Crippen LogP contribution < -0.4 is 16.0 Å². The molecule has 2 saturated heterocycles. The fourth-order valence-electron chi connectivity index (χ4n) is 4.13. The van der Waals surface area contributed by atoms with Gasteiger partial charge in [0.15, 0.2) is 0 Å². The number of hydrogen-bond acceptors (Lipinski definition) is 5. The lowest BCUT2D eigenvalue weighted by molar-refractivity contribution is -0.136. The Kier molecular flexibility index (Phi) is 4.97. The van der Waals surface area contributed by atoms with Crippen molar-refractivity contribution in [1.82, 2.24) is 20.9 Å². The summed E-state index contributed by atoms with van der Waals surface area (Å²) >= 11 is 0. The average Bonchev–Trinajstić information content (AvgIpc) is 2.92. The van der Waals surface area contributed by atoms with Crippen LogP contribution >= 0.6 is 0 Å². The molecule has 2 fully saturated rings. The summed E-state index contributed by atoms with van der Waals surface area (Å²) in [6.07, 6.45) is 1.84. The third kappa shape index (κ3) is 3.75. The molecule has 0 bridgehead atoms. The van der Waals surface area contributed by atoms with E-state index in [1.54, 1.807) is 4.90 Å². The van der Waals surface area contributed by atoms with E-state index in [4.69, 9.17) is 0 Å². The zero-order valence-electron chi connectivity index (χ0n) is 15.6. The number of piperidine rings is 1. The Morgan fingerprint density at radius 3 is 2.78 bits per heavy atom. The molecule has 3 aliphatic heterocycles. The first-order valence-corrected chi connectivity index (χ1v) is 9.72. The fraction of sp³-hybridized carbons (Fsp3) is 0.550. The number of nitrogens with one attached hydrogen (secondary N) is 3. The topological polar surface area (TPSA) is 90.5 Å². The number of hydrogen-bond donors (Lipinski definition) is 3. The molecule has 3 aliphatic rings. The van der Waals surface area contributed by atoms with E-state index in [1.807, 2.05) is 12.1 Å². The number of carbonyl (C=O) groups excluding carboxylic acids is 3. The lowest BCUT2D eigenvalue weighted by atomic mass is 9.95. The maximum Gasteiger partial charge on any atom is 0.255 e. The van der Waals surface area contributed by atoms with Crippen LogP contribution in [0.5, 0.6) is 0 Å². The molecule has 3 N–H and O–H groups in total. The minimum Gasteiger partial charge on any atom is -0.322 e. The predicted octanol–water partition coefficient (Wildman–Crippen LogP) is 0.535. The zero-order valence-corrected chi connectivity index (χ0v) is 15.6. The largest absolute Gasteiger partial charge is 0.322 e. The van der Waals surface area contributed by atoms with Crippen molar-refractivity contribution in [2.75, 3.05) is 13.1 Å². The van der Waals surface area contributed by atoms with Gasteiger partial charge in [0.05, 0.1) is 0 Å². The Bertz CT molecular complexity index is 774. The highest BCUT2D eigenvalue weighted by Gasteiger charge is 2.39. The third-order valence-corrected chi connectivity index (χ3v) is 5.80. The molecule has 0 spiro atoms. The van der Waals surface area contributed by atoms with Crippen molar-refractivity contribution in [3.63, 3.8) is 0 Å². The number of imide groups is 1. The van der Waals surface area contributed by atoms with E-state index in [9.17, 15) is 14.4 Å². The molecule has 0 radical (unpaired) electrons. The number of fused-ring (bicyclic) bond motifs is 1. The van der Waals surface area contributed by atoms with Crippen LogP contribution in [0.25, 0.3) is 0 Å². The van der Waals surface area contributed by atoms with Crippen LogP contribution in [0.1, 0.15) is 47.7 Å². The van der Waals surface area contributed by atoms with Gasteiger partial charge in [0.25, 0.3) is 5.91 Å². The summed E-state index contributed by atoms with van der Waals surface area (Å²) in [5.74, 6) is 0.0197. The summed E-state index contributed by atoms with van der Waals surface area (Å²) in [7, 11) is 0. The van der Waals surface area contributed by atoms with E-state index in [1.165, 1.54) is 6.42 Å². The predicted molar refractivity (Wildman–Crippen MR) is 99.8 cm³/mol. The van der Waals surface area contributed by atoms with Gasteiger partial charge < -0.3 is 15.5 Å². The highest BCUT2D eigenvalue weighted by molar-refractivity contribution is 6.05. The van der Waals surface area contributed by atoms with Crippen molar-refractivity contribution >= 4 is 17.7 Å². The van der Waals surface area contributed by atoms with Crippen LogP contribution in [-0.4, -0.2) is 47.8 Å². The monoisotopic (exact) mass is 370 g/mol. The molecule has 3 amide bonds. The molecule has 3 heterocycles. The molecule has 0 aromatic heterocycles. The molecule has 0 aliphatic carbocycles. The van der Waals surface area contributed by atoms with Crippen molar-refractivity contribution in [3.05, 3.63) is 34.9 Å². The zero-order chi connectivity index (χ0) is 19.0. The second-order valence-electron chi connectivity index (χ2n) is 7.93. The summed E-state index contributed by atoms with van der Waals surface area (Å²) in [6.45, 7) is 5.63. The molecule has 4 rings (SSSR count). The highest BCUT2D eigenvalue weighted by atomic mass is 16.2. The van der Waals surface area contributed by atoms with Crippen LogP contribution in [0.15, 0.2) is 18.2 Å². The Hall–Kier alpha value is -2.25. The SMILES string of the molecule is CC(CC1CNC1)NCc1ccc2c(c1)CN(C1CCC(=O)NC1=O)C2=O. The van der Waals surface area contributed by atoms with Gasteiger partial charge in [-0.15, -0.1) is 0 Å². The number of amides is 3. The molecule has 0 saturated carbocycles. The van der Waals surface area contributed by atoms with Gasteiger partial charge in [0.1, 0.15) is 6.04 Å². The van der Waals surface area contributed by atoms with Gasteiger partial charge in [0, 0.05) is 31.1 Å². The molecule has 27 heavy (non-hydrogen) atoms. The second kappa shape index (κ2) is 7.40. The molecular weight excluding hydrogens is 344 g/mol. The third-order valence-electron chi connectivity index (χ3n) is 5.80. The van der Waals surface area contributed by atoms with Gasteiger partial charge in [-0.1, -0.05) is 12.1 Å². The Balaban J connectivity index is 1.38. The summed E-state index contributed by atoms with van der Waals surface area (Å²) < 4.78 is 0.